The van der Waals surface area contributed by atoms with Crippen LogP contribution < -0.4 is 9.64 Å². The standard InChI is InChI=1S/C23H18ClNO3/c1-15-2-10-19(11-3-15)25-21(17-6-8-18(24)9-7-17)22(23(25)27)28-20-12-4-16(14-26)5-13-20/h2-14,21-22H,1H3/t21-,22+/m0/s1. The number of carbonyl (C=O) groups excluding carboxylic acids is 2. The van der Waals surface area contributed by atoms with Gasteiger partial charge < -0.3 is 4.74 Å². The van der Waals surface area contributed by atoms with E-state index in [0.29, 0.717) is 16.3 Å². The Hall–Kier alpha value is -3.11. The minimum absolute atomic E-state index is 0.108. The lowest BCUT2D eigenvalue weighted by molar-refractivity contribution is -0.135. The first-order valence-corrected chi connectivity index (χ1v) is 9.32. The number of ether oxygens (including phenoxy) is 1. The lowest BCUT2D eigenvalue weighted by Gasteiger charge is -2.46. The molecule has 2 atom stereocenters. The van der Waals surface area contributed by atoms with Gasteiger partial charge in [-0.15, -0.1) is 0 Å². The molecule has 3 aromatic carbocycles. The Kier molecular flexibility index (Phi) is 4.88. The molecule has 4 nitrogen and oxygen atoms in total. The van der Waals surface area contributed by atoms with Crippen molar-refractivity contribution in [3.05, 3.63) is 94.5 Å². The van der Waals surface area contributed by atoms with Crippen LogP contribution in [0.3, 0.4) is 0 Å². The minimum Gasteiger partial charge on any atom is -0.478 e. The van der Waals surface area contributed by atoms with Crippen LogP contribution in [-0.2, 0) is 4.79 Å². The van der Waals surface area contributed by atoms with E-state index in [1.54, 1.807) is 29.2 Å². The topological polar surface area (TPSA) is 46.6 Å². The molecule has 0 spiro atoms. The summed E-state index contributed by atoms with van der Waals surface area (Å²) in [7, 11) is 0. The Labute approximate surface area is 168 Å². The van der Waals surface area contributed by atoms with Gasteiger partial charge in [-0.1, -0.05) is 41.4 Å². The fraction of sp³-hybridized carbons (Fsp3) is 0.130. The smallest absolute Gasteiger partial charge is 0.271 e. The van der Waals surface area contributed by atoms with Gasteiger partial charge in [0.05, 0.1) is 0 Å². The number of benzene rings is 3. The Morgan fingerprint density at radius 2 is 1.57 bits per heavy atom. The second-order valence-corrected chi connectivity index (χ2v) is 7.20. The minimum atomic E-state index is -0.649. The maximum absolute atomic E-state index is 12.9. The molecular formula is C23H18ClNO3. The Morgan fingerprint density at radius 3 is 2.18 bits per heavy atom. The first-order valence-electron chi connectivity index (χ1n) is 8.94. The summed E-state index contributed by atoms with van der Waals surface area (Å²) in [6.07, 6.45) is 0.123. The van der Waals surface area contributed by atoms with E-state index in [0.717, 1.165) is 23.1 Å². The molecule has 1 fully saturated rings. The number of carbonyl (C=O) groups is 2. The molecule has 0 aromatic heterocycles. The third-order valence-corrected chi connectivity index (χ3v) is 5.10. The molecule has 0 N–H and O–H groups in total. The van der Waals surface area contributed by atoms with Crippen molar-refractivity contribution in [1.29, 1.82) is 0 Å². The first-order chi connectivity index (χ1) is 13.6. The number of amides is 1. The fourth-order valence-electron chi connectivity index (χ4n) is 3.33. The summed E-state index contributed by atoms with van der Waals surface area (Å²) >= 11 is 6.03. The zero-order valence-electron chi connectivity index (χ0n) is 15.2. The van der Waals surface area contributed by atoms with E-state index in [2.05, 4.69) is 0 Å². The molecule has 0 saturated carbocycles. The zero-order valence-corrected chi connectivity index (χ0v) is 16.0. The van der Waals surface area contributed by atoms with Gasteiger partial charge in [-0.05, 0) is 61.0 Å². The predicted octanol–water partition coefficient (Wildman–Crippen LogP) is 5.00. The monoisotopic (exact) mass is 391 g/mol. The van der Waals surface area contributed by atoms with Crippen molar-refractivity contribution in [2.75, 3.05) is 4.90 Å². The van der Waals surface area contributed by atoms with Crippen molar-refractivity contribution < 1.29 is 14.3 Å². The van der Waals surface area contributed by atoms with Crippen LogP contribution in [-0.4, -0.2) is 18.3 Å². The third kappa shape index (κ3) is 3.39. The van der Waals surface area contributed by atoms with Crippen LogP contribution in [0.5, 0.6) is 5.75 Å². The van der Waals surface area contributed by atoms with E-state index >= 15 is 0 Å². The number of rotatable bonds is 5. The molecular weight excluding hydrogens is 374 g/mol. The number of nitrogens with zero attached hydrogens (tertiary/aromatic N) is 1. The van der Waals surface area contributed by atoms with Crippen LogP contribution in [0.2, 0.25) is 5.02 Å². The molecule has 0 bridgehead atoms. The van der Waals surface area contributed by atoms with Crippen LogP contribution >= 0.6 is 11.6 Å². The average molecular weight is 392 g/mol. The number of hydrogen-bond acceptors (Lipinski definition) is 3. The molecule has 4 rings (SSSR count). The molecule has 1 aliphatic heterocycles. The van der Waals surface area contributed by atoms with E-state index < -0.39 is 6.10 Å². The second-order valence-electron chi connectivity index (χ2n) is 6.77. The van der Waals surface area contributed by atoms with E-state index in [1.165, 1.54) is 0 Å². The highest BCUT2D eigenvalue weighted by molar-refractivity contribution is 6.30. The van der Waals surface area contributed by atoms with Gasteiger partial charge in [-0.25, -0.2) is 0 Å². The van der Waals surface area contributed by atoms with Crippen molar-refractivity contribution in [3.63, 3.8) is 0 Å². The SMILES string of the molecule is Cc1ccc(N2C(=O)[C@H](Oc3ccc(C=O)cc3)[C@@H]2c2ccc(Cl)cc2)cc1. The molecule has 1 aliphatic rings. The van der Waals surface area contributed by atoms with Gasteiger partial charge in [0.1, 0.15) is 18.1 Å². The summed E-state index contributed by atoms with van der Waals surface area (Å²) in [5.41, 5.74) is 3.46. The number of aryl methyl sites for hydroxylation is 1. The van der Waals surface area contributed by atoms with Crippen LogP contribution in [0, 0.1) is 6.92 Å². The molecule has 1 amide bonds. The van der Waals surface area contributed by atoms with Crippen molar-refractivity contribution in [3.8, 4) is 5.75 Å². The van der Waals surface area contributed by atoms with Gasteiger partial charge in [-0.3, -0.25) is 14.5 Å². The normalized spacial score (nSPS) is 18.5. The zero-order chi connectivity index (χ0) is 19.7. The first kappa shape index (κ1) is 18.3. The lowest BCUT2D eigenvalue weighted by Crippen LogP contribution is -2.61. The molecule has 5 heteroatoms. The van der Waals surface area contributed by atoms with Gasteiger partial charge >= 0.3 is 0 Å². The molecule has 0 aliphatic carbocycles. The lowest BCUT2D eigenvalue weighted by atomic mass is 9.89. The number of anilines is 1. The molecule has 0 radical (unpaired) electrons. The van der Waals surface area contributed by atoms with Crippen LogP contribution in [0.15, 0.2) is 72.8 Å². The number of hydrogen-bond donors (Lipinski definition) is 0. The van der Waals surface area contributed by atoms with Gasteiger partial charge in [-0.2, -0.15) is 0 Å². The van der Waals surface area contributed by atoms with Crippen molar-refractivity contribution in [1.82, 2.24) is 0 Å². The van der Waals surface area contributed by atoms with Gasteiger partial charge in [0.15, 0.2) is 0 Å². The average Bonchev–Trinajstić information content (AvgIpc) is 2.72. The van der Waals surface area contributed by atoms with Crippen molar-refractivity contribution >= 4 is 29.5 Å². The Balaban J connectivity index is 1.66. The maximum atomic E-state index is 12.9. The summed E-state index contributed by atoms with van der Waals surface area (Å²) in [4.78, 5) is 25.5. The van der Waals surface area contributed by atoms with E-state index in [9.17, 15) is 9.59 Å². The summed E-state index contributed by atoms with van der Waals surface area (Å²) < 4.78 is 5.99. The van der Waals surface area contributed by atoms with Crippen molar-refractivity contribution in [2.24, 2.45) is 0 Å². The fourth-order valence-corrected chi connectivity index (χ4v) is 3.45. The largest absolute Gasteiger partial charge is 0.478 e. The Bertz CT molecular complexity index is 998. The van der Waals surface area contributed by atoms with Gasteiger partial charge in [0.25, 0.3) is 5.91 Å². The van der Waals surface area contributed by atoms with E-state index in [-0.39, 0.29) is 11.9 Å². The molecule has 3 aromatic rings. The molecule has 140 valence electrons. The van der Waals surface area contributed by atoms with Gasteiger partial charge in [0.2, 0.25) is 6.10 Å². The summed E-state index contributed by atoms with van der Waals surface area (Å²) in [5.74, 6) is 0.440. The van der Waals surface area contributed by atoms with E-state index in [1.807, 2.05) is 55.5 Å². The number of β-lactam (4-membered cyclic amide) rings is 1. The predicted molar refractivity (Wildman–Crippen MR) is 109 cm³/mol. The Morgan fingerprint density at radius 1 is 0.929 bits per heavy atom. The summed E-state index contributed by atoms with van der Waals surface area (Å²) in [5, 5.41) is 0.637. The molecule has 0 unspecified atom stereocenters. The van der Waals surface area contributed by atoms with Crippen LogP contribution in [0.25, 0.3) is 0 Å². The van der Waals surface area contributed by atoms with Crippen LogP contribution in [0.4, 0.5) is 5.69 Å². The number of halogens is 1. The second kappa shape index (κ2) is 7.49. The summed E-state index contributed by atoms with van der Waals surface area (Å²) in [6, 6.07) is 21.7. The van der Waals surface area contributed by atoms with Gasteiger partial charge in [0, 0.05) is 16.3 Å². The summed E-state index contributed by atoms with van der Waals surface area (Å²) in [6.45, 7) is 2.01. The van der Waals surface area contributed by atoms with Crippen LogP contribution in [0.1, 0.15) is 27.5 Å². The highest BCUT2D eigenvalue weighted by Gasteiger charge is 2.51. The third-order valence-electron chi connectivity index (χ3n) is 4.85. The van der Waals surface area contributed by atoms with Crippen molar-refractivity contribution in [2.45, 2.75) is 19.1 Å². The van der Waals surface area contributed by atoms with E-state index in [4.69, 9.17) is 16.3 Å². The quantitative estimate of drug-likeness (QED) is 0.454. The highest BCUT2D eigenvalue weighted by Crippen LogP contribution is 2.41. The number of aldehydes is 1. The molecule has 1 heterocycles. The molecule has 28 heavy (non-hydrogen) atoms. The highest BCUT2D eigenvalue weighted by atomic mass is 35.5. The maximum Gasteiger partial charge on any atom is 0.271 e. The molecule has 1 saturated heterocycles.